The molecule has 1 rings (SSSR count). The molecule has 0 saturated carbocycles. The van der Waals surface area contributed by atoms with E-state index in [1.807, 2.05) is 0 Å². The van der Waals surface area contributed by atoms with Crippen molar-refractivity contribution in [1.82, 2.24) is 0 Å². The van der Waals surface area contributed by atoms with E-state index in [2.05, 4.69) is 0 Å². The maximum Gasteiger partial charge on any atom is 0.395 e. The first-order valence-electron chi connectivity index (χ1n) is 3.99. The molecule has 0 aliphatic heterocycles. The van der Waals surface area contributed by atoms with Crippen LogP contribution in [0.25, 0.3) is 0 Å². The summed E-state index contributed by atoms with van der Waals surface area (Å²) in [6, 6.07) is 0. The van der Waals surface area contributed by atoms with Crippen LogP contribution in [0.15, 0.2) is 11.8 Å². The molecule has 0 aromatic heterocycles. The van der Waals surface area contributed by atoms with E-state index >= 15 is 0 Å². The Morgan fingerprint density at radius 3 is 2.62 bits per heavy atom. The van der Waals surface area contributed by atoms with Gasteiger partial charge >= 0.3 is 6.18 Å². The fourth-order valence-electron chi connectivity index (χ4n) is 1.43. The quantitative estimate of drug-likeness (QED) is 0.692. The van der Waals surface area contributed by atoms with Crippen molar-refractivity contribution in [2.75, 3.05) is 7.11 Å². The summed E-state index contributed by atoms with van der Waals surface area (Å²) in [6.45, 7) is 0. The average Bonchev–Trinajstić information content (AvgIpc) is 2.01. The van der Waals surface area contributed by atoms with E-state index in [9.17, 15) is 13.2 Å². The lowest BCUT2D eigenvalue weighted by atomic mass is 9.91. The Labute approximate surface area is 74.5 Å². The lowest BCUT2D eigenvalue weighted by Crippen LogP contribution is -2.32. The number of hydrogen-bond acceptors (Lipinski definition) is 2. The van der Waals surface area contributed by atoms with E-state index in [0.717, 1.165) is 6.08 Å². The summed E-state index contributed by atoms with van der Waals surface area (Å²) in [7, 11) is 1.40. The standard InChI is InChI=1S/C8H12F3NO/c1-13-7-3-5(8(9,10)11)2-6(12)4-7/h2,5,7H,3-4,12H2,1H3. The van der Waals surface area contributed by atoms with Gasteiger partial charge in [-0.1, -0.05) is 6.08 Å². The van der Waals surface area contributed by atoms with Gasteiger partial charge in [-0.15, -0.1) is 0 Å². The highest BCUT2D eigenvalue weighted by molar-refractivity contribution is 5.08. The monoisotopic (exact) mass is 195 g/mol. The summed E-state index contributed by atoms with van der Waals surface area (Å²) in [4.78, 5) is 0. The first-order chi connectivity index (χ1) is 5.93. The lowest BCUT2D eigenvalue weighted by Gasteiger charge is -2.27. The Morgan fingerprint density at radius 2 is 2.15 bits per heavy atom. The SMILES string of the molecule is COC1CC(N)=CC(C(F)(F)F)C1. The van der Waals surface area contributed by atoms with Crippen LogP contribution in [0.1, 0.15) is 12.8 Å². The molecule has 0 radical (unpaired) electrons. The highest BCUT2D eigenvalue weighted by atomic mass is 19.4. The summed E-state index contributed by atoms with van der Waals surface area (Å²) >= 11 is 0. The van der Waals surface area contributed by atoms with E-state index in [4.69, 9.17) is 10.5 Å². The Bertz CT molecular complexity index is 212. The highest BCUT2D eigenvalue weighted by Crippen LogP contribution is 2.35. The van der Waals surface area contributed by atoms with Crippen LogP contribution in [0.4, 0.5) is 13.2 Å². The average molecular weight is 195 g/mol. The first-order valence-corrected chi connectivity index (χ1v) is 3.99. The molecule has 0 bridgehead atoms. The summed E-state index contributed by atoms with van der Waals surface area (Å²) in [6.07, 6.45) is -3.17. The molecule has 2 atom stereocenters. The second-order valence-corrected chi connectivity index (χ2v) is 3.19. The van der Waals surface area contributed by atoms with Crippen molar-refractivity contribution < 1.29 is 17.9 Å². The molecule has 2 N–H and O–H groups in total. The van der Waals surface area contributed by atoms with Crippen LogP contribution in [0.5, 0.6) is 0 Å². The molecule has 0 aromatic rings. The van der Waals surface area contributed by atoms with Crippen molar-refractivity contribution in [3.05, 3.63) is 11.8 Å². The second kappa shape index (κ2) is 3.57. The Balaban J connectivity index is 2.72. The molecular weight excluding hydrogens is 183 g/mol. The summed E-state index contributed by atoms with van der Waals surface area (Å²) in [5.74, 6) is -1.45. The van der Waals surface area contributed by atoms with Gasteiger partial charge < -0.3 is 10.5 Å². The Hall–Kier alpha value is -0.710. The van der Waals surface area contributed by atoms with E-state index in [-0.39, 0.29) is 12.1 Å². The minimum absolute atomic E-state index is 0.0271. The zero-order valence-electron chi connectivity index (χ0n) is 7.27. The van der Waals surface area contributed by atoms with Crippen LogP contribution in [0.3, 0.4) is 0 Å². The topological polar surface area (TPSA) is 35.2 Å². The summed E-state index contributed by atoms with van der Waals surface area (Å²) < 4.78 is 41.7. The van der Waals surface area contributed by atoms with Gasteiger partial charge in [0.2, 0.25) is 0 Å². The molecule has 1 aliphatic carbocycles. The maximum atomic E-state index is 12.3. The molecule has 76 valence electrons. The molecule has 13 heavy (non-hydrogen) atoms. The second-order valence-electron chi connectivity index (χ2n) is 3.19. The molecule has 0 heterocycles. The molecule has 0 saturated heterocycles. The normalized spacial score (nSPS) is 30.0. The third kappa shape index (κ3) is 2.62. The predicted molar refractivity (Wildman–Crippen MR) is 41.8 cm³/mol. The fraction of sp³-hybridized carbons (Fsp3) is 0.750. The van der Waals surface area contributed by atoms with Crippen LogP contribution < -0.4 is 5.73 Å². The summed E-state index contributed by atoms with van der Waals surface area (Å²) in [5, 5.41) is 0. The van der Waals surface area contributed by atoms with Crippen molar-refractivity contribution in [2.24, 2.45) is 11.7 Å². The van der Waals surface area contributed by atoms with Crippen molar-refractivity contribution >= 4 is 0 Å². The van der Waals surface area contributed by atoms with Gasteiger partial charge in [-0.05, 0) is 6.42 Å². The van der Waals surface area contributed by atoms with Crippen LogP contribution in [0, 0.1) is 5.92 Å². The van der Waals surface area contributed by atoms with Crippen LogP contribution >= 0.6 is 0 Å². The van der Waals surface area contributed by atoms with Crippen molar-refractivity contribution in [3.8, 4) is 0 Å². The van der Waals surface area contributed by atoms with Crippen molar-refractivity contribution in [2.45, 2.75) is 25.1 Å². The van der Waals surface area contributed by atoms with Gasteiger partial charge in [-0.25, -0.2) is 0 Å². The number of ether oxygens (including phenoxy) is 1. The zero-order valence-corrected chi connectivity index (χ0v) is 7.27. The number of methoxy groups -OCH3 is 1. The molecule has 1 aliphatic rings. The molecular formula is C8H12F3NO. The van der Waals surface area contributed by atoms with Crippen LogP contribution in [-0.2, 0) is 4.74 Å². The smallest absolute Gasteiger partial charge is 0.395 e. The third-order valence-corrected chi connectivity index (χ3v) is 2.15. The molecule has 2 unspecified atom stereocenters. The van der Waals surface area contributed by atoms with Gasteiger partial charge in [0.15, 0.2) is 0 Å². The first kappa shape index (κ1) is 10.4. The Kier molecular flexibility index (Phi) is 2.85. The predicted octanol–water partition coefficient (Wildman–Crippen LogP) is 1.82. The minimum Gasteiger partial charge on any atom is -0.402 e. The number of alkyl halides is 3. The number of halogens is 3. The van der Waals surface area contributed by atoms with E-state index in [1.54, 1.807) is 0 Å². The van der Waals surface area contributed by atoms with Gasteiger partial charge in [-0.3, -0.25) is 0 Å². The summed E-state index contributed by atoms with van der Waals surface area (Å²) in [5.41, 5.74) is 5.63. The number of rotatable bonds is 1. The molecule has 5 heteroatoms. The largest absolute Gasteiger partial charge is 0.402 e. The van der Waals surface area contributed by atoms with E-state index in [1.165, 1.54) is 7.11 Å². The molecule has 0 spiro atoms. The lowest BCUT2D eigenvalue weighted by molar-refractivity contribution is -0.170. The molecule has 0 amide bonds. The van der Waals surface area contributed by atoms with Gasteiger partial charge in [0.05, 0.1) is 12.0 Å². The molecule has 0 aromatic carbocycles. The fourth-order valence-corrected chi connectivity index (χ4v) is 1.43. The van der Waals surface area contributed by atoms with E-state index < -0.39 is 18.2 Å². The molecule has 2 nitrogen and oxygen atoms in total. The highest BCUT2D eigenvalue weighted by Gasteiger charge is 2.41. The zero-order chi connectivity index (χ0) is 10.1. The minimum atomic E-state index is -4.21. The van der Waals surface area contributed by atoms with Gasteiger partial charge in [0.1, 0.15) is 0 Å². The number of allylic oxidation sites excluding steroid dienone is 1. The Morgan fingerprint density at radius 1 is 1.54 bits per heavy atom. The third-order valence-electron chi connectivity index (χ3n) is 2.15. The van der Waals surface area contributed by atoms with Crippen molar-refractivity contribution in [3.63, 3.8) is 0 Å². The van der Waals surface area contributed by atoms with Crippen LogP contribution in [-0.4, -0.2) is 19.4 Å². The van der Waals surface area contributed by atoms with Gasteiger partial charge in [0, 0.05) is 19.2 Å². The molecule has 0 fully saturated rings. The van der Waals surface area contributed by atoms with Crippen LogP contribution in [0.2, 0.25) is 0 Å². The van der Waals surface area contributed by atoms with Crippen molar-refractivity contribution in [1.29, 1.82) is 0 Å². The maximum absolute atomic E-state index is 12.3. The van der Waals surface area contributed by atoms with Gasteiger partial charge in [0.25, 0.3) is 0 Å². The van der Waals surface area contributed by atoms with E-state index in [0.29, 0.717) is 6.42 Å². The number of nitrogens with two attached hydrogens (primary N) is 1. The number of hydrogen-bond donors (Lipinski definition) is 1. The van der Waals surface area contributed by atoms with Gasteiger partial charge in [-0.2, -0.15) is 13.2 Å².